The second kappa shape index (κ2) is 7.39. The number of hydrogen-bond acceptors (Lipinski definition) is 2. The summed E-state index contributed by atoms with van der Waals surface area (Å²) in [5.41, 5.74) is 11.3. The number of rotatable bonds is 7. The average molecular weight is 326 g/mol. The van der Waals surface area contributed by atoms with Crippen LogP contribution >= 0.6 is 0 Å². The molecule has 24 heavy (non-hydrogen) atoms. The summed E-state index contributed by atoms with van der Waals surface area (Å²) in [6, 6.07) is 5.98. The first-order valence-corrected chi connectivity index (χ1v) is 8.23. The molecule has 1 aromatic heterocycles. The smallest absolute Gasteiger partial charge is 0.251 e. The number of carbonyl (C=O) groups is 1. The SMILES string of the molecule is C=CCn1c(C)c(C(N)=O)c(-c2ccc(OC)c(C)c2)c1CCC. The monoisotopic (exact) mass is 326 g/mol. The van der Waals surface area contributed by atoms with Crippen LogP contribution in [0.5, 0.6) is 5.75 Å². The van der Waals surface area contributed by atoms with Crippen LogP contribution in [0.3, 0.4) is 0 Å². The number of amides is 1. The van der Waals surface area contributed by atoms with Crippen molar-refractivity contribution < 1.29 is 9.53 Å². The number of methoxy groups -OCH3 is 1. The Morgan fingerprint density at radius 3 is 2.58 bits per heavy atom. The van der Waals surface area contributed by atoms with Crippen molar-refractivity contribution in [3.63, 3.8) is 0 Å². The van der Waals surface area contributed by atoms with Gasteiger partial charge in [0.15, 0.2) is 0 Å². The highest BCUT2D eigenvalue weighted by Gasteiger charge is 2.24. The van der Waals surface area contributed by atoms with Crippen LogP contribution < -0.4 is 10.5 Å². The number of aromatic nitrogens is 1. The zero-order valence-corrected chi connectivity index (χ0v) is 15.0. The zero-order valence-electron chi connectivity index (χ0n) is 15.0. The highest BCUT2D eigenvalue weighted by atomic mass is 16.5. The molecular formula is C20H26N2O2. The van der Waals surface area contributed by atoms with E-state index in [1.807, 2.05) is 32.1 Å². The minimum absolute atomic E-state index is 0.392. The fraction of sp³-hybridized carbons (Fsp3) is 0.350. The van der Waals surface area contributed by atoms with Crippen LogP contribution in [0.4, 0.5) is 0 Å². The number of primary amides is 1. The van der Waals surface area contributed by atoms with Crippen LogP contribution in [0, 0.1) is 13.8 Å². The van der Waals surface area contributed by atoms with Crippen LogP contribution in [0.2, 0.25) is 0 Å². The average Bonchev–Trinajstić information content (AvgIpc) is 2.81. The van der Waals surface area contributed by atoms with Crippen molar-refractivity contribution >= 4 is 5.91 Å². The highest BCUT2D eigenvalue weighted by Crippen LogP contribution is 2.35. The van der Waals surface area contributed by atoms with Gasteiger partial charge >= 0.3 is 0 Å². The Hall–Kier alpha value is -2.49. The molecular weight excluding hydrogens is 300 g/mol. The van der Waals surface area contributed by atoms with Gasteiger partial charge < -0.3 is 15.0 Å². The van der Waals surface area contributed by atoms with Gasteiger partial charge in [-0.3, -0.25) is 4.79 Å². The van der Waals surface area contributed by atoms with E-state index in [-0.39, 0.29) is 0 Å². The van der Waals surface area contributed by atoms with E-state index in [1.54, 1.807) is 7.11 Å². The molecule has 128 valence electrons. The maximum Gasteiger partial charge on any atom is 0.251 e. The lowest BCUT2D eigenvalue weighted by atomic mass is 9.96. The van der Waals surface area contributed by atoms with Crippen molar-refractivity contribution in [1.82, 2.24) is 4.57 Å². The molecule has 1 heterocycles. The number of hydrogen-bond donors (Lipinski definition) is 1. The molecule has 1 aromatic carbocycles. The van der Waals surface area contributed by atoms with Gasteiger partial charge in [-0.15, -0.1) is 6.58 Å². The molecule has 1 amide bonds. The van der Waals surface area contributed by atoms with E-state index in [9.17, 15) is 4.79 Å². The minimum atomic E-state index is -0.392. The number of ether oxygens (including phenoxy) is 1. The molecule has 0 bridgehead atoms. The lowest BCUT2D eigenvalue weighted by molar-refractivity contribution is 0.1000. The van der Waals surface area contributed by atoms with E-state index >= 15 is 0 Å². The summed E-state index contributed by atoms with van der Waals surface area (Å²) >= 11 is 0. The lowest BCUT2D eigenvalue weighted by Crippen LogP contribution is -2.13. The Kier molecular flexibility index (Phi) is 5.50. The first-order chi connectivity index (χ1) is 11.5. The van der Waals surface area contributed by atoms with Gasteiger partial charge in [0.25, 0.3) is 5.91 Å². The molecule has 2 aromatic rings. The van der Waals surface area contributed by atoms with Gasteiger partial charge in [0.1, 0.15) is 5.75 Å². The maximum atomic E-state index is 12.2. The zero-order chi connectivity index (χ0) is 17.9. The largest absolute Gasteiger partial charge is 0.496 e. The summed E-state index contributed by atoms with van der Waals surface area (Å²) in [4.78, 5) is 12.2. The fourth-order valence-electron chi connectivity index (χ4n) is 3.32. The van der Waals surface area contributed by atoms with Gasteiger partial charge in [0, 0.05) is 23.5 Å². The number of benzene rings is 1. The van der Waals surface area contributed by atoms with Crippen molar-refractivity contribution in [3.8, 4) is 16.9 Å². The number of allylic oxidation sites excluding steroid dienone is 1. The van der Waals surface area contributed by atoms with E-state index in [4.69, 9.17) is 10.5 Å². The molecule has 0 spiro atoms. The minimum Gasteiger partial charge on any atom is -0.496 e. The Bertz CT molecular complexity index is 772. The number of nitrogens with zero attached hydrogens (tertiary/aromatic N) is 1. The van der Waals surface area contributed by atoms with E-state index < -0.39 is 5.91 Å². The quantitative estimate of drug-likeness (QED) is 0.781. The lowest BCUT2D eigenvalue weighted by Gasteiger charge is -2.12. The molecule has 4 nitrogen and oxygen atoms in total. The van der Waals surface area contributed by atoms with Crippen LogP contribution in [-0.4, -0.2) is 17.6 Å². The standard InChI is InChI=1S/C20H26N2O2/c1-6-8-16-19(15-9-10-17(24-5)13(3)12-15)18(20(21)23)14(4)22(16)11-7-2/h7,9-10,12H,2,6,8,11H2,1,3-5H3,(H2,21,23). The van der Waals surface area contributed by atoms with Crippen molar-refractivity contribution in [2.45, 2.75) is 40.2 Å². The topological polar surface area (TPSA) is 57.2 Å². The van der Waals surface area contributed by atoms with Crippen LogP contribution in [0.25, 0.3) is 11.1 Å². The van der Waals surface area contributed by atoms with Crippen LogP contribution in [0.1, 0.15) is 40.7 Å². The molecule has 4 heteroatoms. The van der Waals surface area contributed by atoms with E-state index in [0.29, 0.717) is 12.1 Å². The first-order valence-electron chi connectivity index (χ1n) is 8.23. The molecule has 2 N–H and O–H groups in total. The summed E-state index contributed by atoms with van der Waals surface area (Å²) in [6.07, 6.45) is 3.71. The normalized spacial score (nSPS) is 10.7. The molecule has 0 radical (unpaired) electrons. The summed E-state index contributed by atoms with van der Waals surface area (Å²) in [6.45, 7) is 10.6. The Balaban J connectivity index is 2.79. The molecule has 0 aliphatic carbocycles. The molecule has 0 atom stereocenters. The van der Waals surface area contributed by atoms with Crippen molar-refractivity contribution in [2.24, 2.45) is 5.73 Å². The molecule has 0 saturated heterocycles. The van der Waals surface area contributed by atoms with Gasteiger partial charge in [-0.25, -0.2) is 0 Å². The molecule has 2 rings (SSSR count). The first kappa shape index (κ1) is 17.9. The van der Waals surface area contributed by atoms with Crippen molar-refractivity contribution in [3.05, 3.63) is 53.4 Å². The molecule has 0 fully saturated rings. The van der Waals surface area contributed by atoms with E-state index in [2.05, 4.69) is 24.1 Å². The molecule has 0 aliphatic heterocycles. The van der Waals surface area contributed by atoms with Crippen LogP contribution in [0.15, 0.2) is 30.9 Å². The van der Waals surface area contributed by atoms with E-state index in [1.165, 1.54) is 0 Å². The van der Waals surface area contributed by atoms with Gasteiger partial charge in [-0.05, 0) is 43.5 Å². The molecule has 0 saturated carbocycles. The van der Waals surface area contributed by atoms with Crippen LogP contribution in [-0.2, 0) is 13.0 Å². The highest BCUT2D eigenvalue weighted by molar-refractivity contribution is 6.02. The van der Waals surface area contributed by atoms with Crippen molar-refractivity contribution in [2.75, 3.05) is 7.11 Å². The summed E-state index contributed by atoms with van der Waals surface area (Å²) in [5, 5.41) is 0. The number of aryl methyl sites for hydroxylation is 1. The van der Waals surface area contributed by atoms with E-state index in [0.717, 1.165) is 46.7 Å². The predicted octanol–water partition coefficient (Wildman–Crippen LogP) is 4.02. The maximum absolute atomic E-state index is 12.2. The summed E-state index contributed by atoms with van der Waals surface area (Å²) in [7, 11) is 1.66. The number of carbonyl (C=O) groups excluding carboxylic acids is 1. The van der Waals surface area contributed by atoms with Crippen molar-refractivity contribution in [1.29, 1.82) is 0 Å². The second-order valence-electron chi connectivity index (χ2n) is 5.98. The Labute approximate surface area is 143 Å². The Morgan fingerprint density at radius 2 is 2.08 bits per heavy atom. The van der Waals surface area contributed by atoms with Gasteiger partial charge in [0.05, 0.1) is 12.7 Å². The van der Waals surface area contributed by atoms with Gasteiger partial charge in [-0.2, -0.15) is 0 Å². The molecule has 0 unspecified atom stereocenters. The predicted molar refractivity (Wildman–Crippen MR) is 98.6 cm³/mol. The number of nitrogens with two attached hydrogens (primary N) is 1. The summed E-state index contributed by atoms with van der Waals surface area (Å²) < 4.78 is 7.49. The third-order valence-electron chi connectivity index (χ3n) is 4.36. The Morgan fingerprint density at radius 1 is 1.38 bits per heavy atom. The third kappa shape index (κ3) is 3.09. The fourth-order valence-corrected chi connectivity index (χ4v) is 3.32. The summed E-state index contributed by atoms with van der Waals surface area (Å²) in [5.74, 6) is 0.440. The van der Waals surface area contributed by atoms with Gasteiger partial charge in [0.2, 0.25) is 0 Å². The second-order valence-corrected chi connectivity index (χ2v) is 5.98. The van der Waals surface area contributed by atoms with Gasteiger partial charge in [-0.1, -0.05) is 25.5 Å². The molecule has 0 aliphatic rings. The third-order valence-corrected chi connectivity index (χ3v) is 4.36.